The monoisotopic (exact) mass is 386 g/mol. The predicted octanol–water partition coefficient (Wildman–Crippen LogP) is 3.87. The normalized spacial score (nSPS) is 13.6. The topological polar surface area (TPSA) is 58.2 Å². The molecule has 0 saturated carbocycles. The van der Waals surface area contributed by atoms with E-state index < -0.39 is 10.0 Å². The zero-order valence-electron chi connectivity index (χ0n) is 10.9. The molecule has 2 aromatic carbocycles. The van der Waals surface area contributed by atoms with Crippen LogP contribution in [0.3, 0.4) is 0 Å². The van der Waals surface area contributed by atoms with Gasteiger partial charge in [0, 0.05) is 12.2 Å². The first kappa shape index (κ1) is 14.7. The van der Waals surface area contributed by atoms with E-state index in [0.29, 0.717) is 15.2 Å². The summed E-state index contributed by atoms with van der Waals surface area (Å²) < 4.78 is 28.0. The summed E-state index contributed by atoms with van der Waals surface area (Å²) >= 11 is 9.26. The molecule has 2 aromatic rings. The lowest BCUT2D eigenvalue weighted by molar-refractivity contribution is 0.601. The quantitative estimate of drug-likeness (QED) is 0.840. The van der Waals surface area contributed by atoms with Crippen LogP contribution in [-0.4, -0.2) is 15.0 Å². The average Bonchev–Trinajstić information content (AvgIpc) is 2.91. The molecular formula is C14H12BrClN2O2S. The molecule has 7 heteroatoms. The molecule has 3 rings (SSSR count). The lowest BCUT2D eigenvalue weighted by Crippen LogP contribution is -2.13. The van der Waals surface area contributed by atoms with Crippen molar-refractivity contribution in [3.05, 3.63) is 51.5 Å². The van der Waals surface area contributed by atoms with Gasteiger partial charge in [-0.05, 0) is 58.2 Å². The summed E-state index contributed by atoms with van der Waals surface area (Å²) in [7, 11) is -3.64. The van der Waals surface area contributed by atoms with Gasteiger partial charge >= 0.3 is 0 Å². The maximum Gasteiger partial charge on any atom is 0.261 e. The number of benzene rings is 2. The van der Waals surface area contributed by atoms with Gasteiger partial charge < -0.3 is 5.32 Å². The Balaban J connectivity index is 1.96. The van der Waals surface area contributed by atoms with Crippen molar-refractivity contribution >= 4 is 48.9 Å². The maximum atomic E-state index is 12.5. The fraction of sp³-hybridized carbons (Fsp3) is 0.143. The number of rotatable bonds is 3. The summed E-state index contributed by atoms with van der Waals surface area (Å²) in [5, 5.41) is 3.66. The van der Waals surface area contributed by atoms with Crippen molar-refractivity contribution in [2.45, 2.75) is 11.3 Å². The maximum absolute atomic E-state index is 12.5. The van der Waals surface area contributed by atoms with Gasteiger partial charge in [-0.2, -0.15) is 0 Å². The molecule has 0 saturated heterocycles. The van der Waals surface area contributed by atoms with Crippen molar-refractivity contribution in [3.8, 4) is 0 Å². The van der Waals surface area contributed by atoms with Crippen molar-refractivity contribution in [3.63, 3.8) is 0 Å². The molecule has 1 aliphatic heterocycles. The van der Waals surface area contributed by atoms with Gasteiger partial charge in [0.15, 0.2) is 0 Å². The third-order valence-corrected chi connectivity index (χ3v) is 6.05. The van der Waals surface area contributed by atoms with Gasteiger partial charge in [0.2, 0.25) is 0 Å². The summed E-state index contributed by atoms with van der Waals surface area (Å²) in [6.45, 7) is 0.839. The molecule has 0 fully saturated rings. The minimum absolute atomic E-state index is 0.247. The largest absolute Gasteiger partial charge is 0.384 e. The van der Waals surface area contributed by atoms with Crippen LogP contribution in [0.25, 0.3) is 0 Å². The minimum atomic E-state index is -3.64. The van der Waals surface area contributed by atoms with Gasteiger partial charge in [0.25, 0.3) is 10.0 Å². The van der Waals surface area contributed by atoms with E-state index in [4.69, 9.17) is 11.6 Å². The van der Waals surface area contributed by atoms with Crippen LogP contribution in [-0.2, 0) is 16.4 Å². The molecule has 0 aliphatic carbocycles. The molecule has 0 spiro atoms. The first-order chi connectivity index (χ1) is 9.97. The highest BCUT2D eigenvalue weighted by atomic mass is 79.9. The molecule has 21 heavy (non-hydrogen) atoms. The smallest absolute Gasteiger partial charge is 0.261 e. The van der Waals surface area contributed by atoms with Crippen LogP contribution < -0.4 is 10.0 Å². The Bertz CT molecular complexity index is 809. The van der Waals surface area contributed by atoms with E-state index in [2.05, 4.69) is 26.0 Å². The van der Waals surface area contributed by atoms with Crippen molar-refractivity contribution < 1.29 is 8.42 Å². The van der Waals surface area contributed by atoms with Crippen LogP contribution in [0, 0.1) is 0 Å². The summed E-state index contributed by atoms with van der Waals surface area (Å²) in [5.74, 6) is 0. The van der Waals surface area contributed by atoms with Crippen molar-refractivity contribution in [1.82, 2.24) is 0 Å². The molecule has 1 aliphatic rings. The average molecular weight is 388 g/mol. The fourth-order valence-electron chi connectivity index (χ4n) is 2.23. The SMILES string of the molecule is O=S(=O)(Nc1cccc(Cl)c1Br)c1ccc2c(c1)CCN2. The minimum Gasteiger partial charge on any atom is -0.384 e. The van der Waals surface area contributed by atoms with E-state index in [1.54, 1.807) is 36.4 Å². The number of hydrogen-bond acceptors (Lipinski definition) is 3. The van der Waals surface area contributed by atoms with Gasteiger partial charge in [-0.25, -0.2) is 8.42 Å². The molecule has 0 amide bonds. The zero-order valence-corrected chi connectivity index (χ0v) is 14.0. The van der Waals surface area contributed by atoms with Crippen LogP contribution in [0.4, 0.5) is 11.4 Å². The van der Waals surface area contributed by atoms with Crippen LogP contribution in [0.15, 0.2) is 45.8 Å². The number of nitrogens with one attached hydrogen (secondary N) is 2. The van der Waals surface area contributed by atoms with E-state index in [-0.39, 0.29) is 4.90 Å². The second-order valence-electron chi connectivity index (χ2n) is 4.70. The highest BCUT2D eigenvalue weighted by Gasteiger charge is 2.19. The molecule has 0 bridgehead atoms. The Morgan fingerprint density at radius 3 is 2.86 bits per heavy atom. The molecule has 1 heterocycles. The van der Waals surface area contributed by atoms with E-state index in [1.807, 2.05) is 0 Å². The highest BCUT2D eigenvalue weighted by Crippen LogP contribution is 2.32. The Morgan fingerprint density at radius 2 is 2.05 bits per heavy atom. The summed E-state index contributed by atoms with van der Waals surface area (Å²) in [6.07, 6.45) is 0.833. The second kappa shape index (κ2) is 5.51. The van der Waals surface area contributed by atoms with E-state index in [1.165, 1.54) is 0 Å². The van der Waals surface area contributed by atoms with E-state index >= 15 is 0 Å². The van der Waals surface area contributed by atoms with Crippen LogP contribution in [0.5, 0.6) is 0 Å². The number of halogens is 2. The number of sulfonamides is 1. The number of fused-ring (bicyclic) bond motifs is 1. The number of hydrogen-bond donors (Lipinski definition) is 2. The third-order valence-electron chi connectivity index (χ3n) is 3.29. The van der Waals surface area contributed by atoms with Crippen molar-refractivity contribution in [2.24, 2.45) is 0 Å². The lowest BCUT2D eigenvalue weighted by Gasteiger charge is -2.11. The third kappa shape index (κ3) is 2.88. The Kier molecular flexibility index (Phi) is 3.86. The lowest BCUT2D eigenvalue weighted by atomic mass is 10.2. The van der Waals surface area contributed by atoms with E-state index in [0.717, 1.165) is 24.2 Å². The van der Waals surface area contributed by atoms with Crippen LogP contribution in [0.2, 0.25) is 5.02 Å². The Labute approximate surface area is 136 Å². The van der Waals surface area contributed by atoms with Gasteiger partial charge in [-0.1, -0.05) is 17.7 Å². The summed E-state index contributed by atoms with van der Waals surface area (Å²) in [6, 6.07) is 10.1. The molecule has 4 nitrogen and oxygen atoms in total. The highest BCUT2D eigenvalue weighted by molar-refractivity contribution is 9.10. The summed E-state index contributed by atoms with van der Waals surface area (Å²) in [5.41, 5.74) is 2.43. The first-order valence-corrected chi connectivity index (χ1v) is 8.96. The van der Waals surface area contributed by atoms with Gasteiger partial charge in [-0.15, -0.1) is 0 Å². The summed E-state index contributed by atoms with van der Waals surface area (Å²) in [4.78, 5) is 0.247. The molecule has 0 unspecified atom stereocenters. The molecule has 0 radical (unpaired) electrons. The van der Waals surface area contributed by atoms with Crippen LogP contribution in [0.1, 0.15) is 5.56 Å². The molecule has 0 aromatic heterocycles. The van der Waals surface area contributed by atoms with E-state index in [9.17, 15) is 8.42 Å². The number of anilines is 2. The fourth-order valence-corrected chi connectivity index (χ4v) is 4.03. The molecule has 0 atom stereocenters. The second-order valence-corrected chi connectivity index (χ2v) is 7.59. The zero-order chi connectivity index (χ0) is 15.0. The van der Waals surface area contributed by atoms with Gasteiger partial charge in [0.1, 0.15) is 0 Å². The van der Waals surface area contributed by atoms with Gasteiger partial charge in [-0.3, -0.25) is 4.72 Å². The Hall–Kier alpha value is -1.24. The van der Waals surface area contributed by atoms with Crippen molar-refractivity contribution in [1.29, 1.82) is 0 Å². The van der Waals surface area contributed by atoms with Gasteiger partial charge in [0.05, 0.1) is 20.1 Å². The predicted molar refractivity (Wildman–Crippen MR) is 88.6 cm³/mol. The van der Waals surface area contributed by atoms with Crippen LogP contribution >= 0.6 is 27.5 Å². The van der Waals surface area contributed by atoms with Crippen molar-refractivity contribution in [2.75, 3.05) is 16.6 Å². The molecule has 110 valence electrons. The molecular weight excluding hydrogens is 376 g/mol. The molecule has 2 N–H and O–H groups in total. The Morgan fingerprint density at radius 1 is 1.24 bits per heavy atom. The standard InChI is InChI=1S/C14H12BrClN2O2S/c15-14-11(16)2-1-3-13(14)18-21(19,20)10-4-5-12-9(8-10)6-7-17-12/h1-5,8,17-18H,6-7H2. The first-order valence-electron chi connectivity index (χ1n) is 6.31.